The van der Waals surface area contributed by atoms with Crippen LogP contribution in [0.5, 0.6) is 0 Å². The predicted octanol–water partition coefficient (Wildman–Crippen LogP) is 2.01. The van der Waals surface area contributed by atoms with Gasteiger partial charge in [0.2, 0.25) is 21.8 Å². The molecule has 2 saturated heterocycles. The third-order valence-electron chi connectivity index (χ3n) is 6.10. The highest BCUT2D eigenvalue weighted by Gasteiger charge is 2.41. The van der Waals surface area contributed by atoms with Gasteiger partial charge in [-0.2, -0.15) is 4.72 Å². The molecule has 2 heterocycles. The number of sulfonamides is 1. The lowest BCUT2D eigenvalue weighted by atomic mass is 10.1. The molecule has 0 aromatic heterocycles. The van der Waals surface area contributed by atoms with Crippen molar-refractivity contribution >= 4 is 44.2 Å². The molecule has 8 nitrogen and oxygen atoms in total. The molecular weight excluding hydrogens is 454 g/mol. The van der Waals surface area contributed by atoms with Gasteiger partial charge in [0, 0.05) is 18.1 Å². The number of ether oxygens (including phenoxy) is 1. The van der Waals surface area contributed by atoms with Gasteiger partial charge in [-0.25, -0.2) is 8.42 Å². The van der Waals surface area contributed by atoms with E-state index in [4.69, 9.17) is 16.3 Å². The van der Waals surface area contributed by atoms with Crippen molar-refractivity contribution in [3.05, 3.63) is 41.4 Å². The Hall–Kier alpha value is -2.20. The number of benzene rings is 2. The van der Waals surface area contributed by atoms with E-state index in [0.29, 0.717) is 37.7 Å². The third kappa shape index (κ3) is 4.47. The second kappa shape index (κ2) is 8.97. The number of halogens is 1. The highest BCUT2D eigenvalue weighted by molar-refractivity contribution is 7.89. The Labute approximate surface area is 192 Å². The van der Waals surface area contributed by atoms with E-state index in [2.05, 4.69) is 4.72 Å². The minimum absolute atomic E-state index is 0.0616. The summed E-state index contributed by atoms with van der Waals surface area (Å²) in [6.45, 7) is 5.32. The van der Waals surface area contributed by atoms with Gasteiger partial charge in [-0.05, 0) is 55.3 Å². The predicted molar refractivity (Wildman–Crippen MR) is 121 cm³/mol. The average molecular weight is 480 g/mol. The normalized spacial score (nSPS) is 23.0. The second-order valence-electron chi connectivity index (χ2n) is 8.28. The van der Waals surface area contributed by atoms with Crippen LogP contribution in [0, 0.1) is 0 Å². The summed E-state index contributed by atoms with van der Waals surface area (Å²) in [5.41, 5.74) is 0. The van der Waals surface area contributed by atoms with E-state index >= 15 is 0 Å². The molecule has 10 heteroatoms. The topological polar surface area (TPSA) is 96.0 Å². The number of likely N-dealkylation sites (tertiary alicyclic amines) is 1. The van der Waals surface area contributed by atoms with Crippen LogP contribution in [0.25, 0.3) is 10.8 Å². The zero-order valence-corrected chi connectivity index (χ0v) is 19.5. The molecule has 2 amide bonds. The van der Waals surface area contributed by atoms with Crippen molar-refractivity contribution in [2.45, 2.75) is 43.3 Å². The van der Waals surface area contributed by atoms with Crippen molar-refractivity contribution < 1.29 is 22.7 Å². The fourth-order valence-corrected chi connectivity index (χ4v) is 5.68. The Bertz CT molecular complexity index is 1160. The number of rotatable bonds is 5. The summed E-state index contributed by atoms with van der Waals surface area (Å²) in [7, 11) is -3.92. The van der Waals surface area contributed by atoms with Gasteiger partial charge < -0.3 is 14.5 Å². The molecule has 172 valence electrons. The first-order valence-corrected chi connectivity index (χ1v) is 12.4. The highest BCUT2D eigenvalue weighted by Crippen LogP contribution is 2.24. The number of morpholine rings is 1. The molecule has 2 aliphatic rings. The van der Waals surface area contributed by atoms with Gasteiger partial charge in [-0.3, -0.25) is 9.59 Å². The van der Waals surface area contributed by atoms with Crippen molar-refractivity contribution in [2.75, 3.05) is 26.3 Å². The van der Waals surface area contributed by atoms with Gasteiger partial charge in [-0.15, -0.1) is 0 Å². The molecule has 0 radical (unpaired) electrons. The highest BCUT2D eigenvalue weighted by atomic mass is 35.5. The Balaban J connectivity index is 1.46. The monoisotopic (exact) mass is 479 g/mol. The van der Waals surface area contributed by atoms with E-state index in [-0.39, 0.29) is 22.8 Å². The Morgan fingerprint density at radius 3 is 2.66 bits per heavy atom. The van der Waals surface area contributed by atoms with Crippen molar-refractivity contribution in [2.24, 2.45) is 0 Å². The molecule has 32 heavy (non-hydrogen) atoms. The number of nitrogens with one attached hydrogen (secondary N) is 1. The molecule has 3 atom stereocenters. The van der Waals surface area contributed by atoms with E-state index in [1.807, 2.05) is 6.92 Å². The second-order valence-corrected chi connectivity index (χ2v) is 10.4. The van der Waals surface area contributed by atoms with Crippen molar-refractivity contribution in [3.8, 4) is 0 Å². The summed E-state index contributed by atoms with van der Waals surface area (Å²) in [6, 6.07) is 8.30. The molecule has 0 spiro atoms. The molecule has 0 saturated carbocycles. The van der Waals surface area contributed by atoms with Gasteiger partial charge in [-0.1, -0.05) is 23.7 Å². The fourth-order valence-electron chi connectivity index (χ4n) is 4.24. The number of carbonyl (C=O) groups excluding carboxylic acids is 2. The quantitative estimate of drug-likeness (QED) is 0.707. The molecular formula is C22H26ClN3O5S. The summed E-state index contributed by atoms with van der Waals surface area (Å²) in [5, 5.41) is 2.12. The van der Waals surface area contributed by atoms with Gasteiger partial charge in [0.1, 0.15) is 12.1 Å². The lowest BCUT2D eigenvalue weighted by molar-refractivity contribution is -0.148. The molecule has 2 unspecified atom stereocenters. The van der Waals surface area contributed by atoms with Gasteiger partial charge in [0.25, 0.3) is 0 Å². The maximum absolute atomic E-state index is 13.0. The molecule has 0 bridgehead atoms. The molecule has 1 N–H and O–H groups in total. The smallest absolute Gasteiger partial charge is 0.245 e. The Kier molecular flexibility index (Phi) is 6.44. The summed E-state index contributed by atoms with van der Waals surface area (Å²) < 4.78 is 33.8. The summed E-state index contributed by atoms with van der Waals surface area (Å²) in [4.78, 5) is 29.1. The number of hydrogen-bond donors (Lipinski definition) is 1. The van der Waals surface area contributed by atoms with Crippen LogP contribution in [0.3, 0.4) is 0 Å². The minimum Gasteiger partial charge on any atom is -0.377 e. The standard InChI is InChI=1S/C22H26ClN3O5S/c1-14-13-31-10-9-25(14)21(27)15(2)26-8-7-20(22(26)28)24-32(29,30)19-6-4-16-11-18(23)5-3-17(16)12-19/h3-6,11-12,14-15,20,24H,7-10,13H2,1-2H3/t14?,15-,20?/m0/s1. The van der Waals surface area contributed by atoms with Gasteiger partial charge in [0.15, 0.2) is 0 Å². The lowest BCUT2D eigenvalue weighted by Crippen LogP contribution is -2.55. The molecule has 2 fully saturated rings. The maximum atomic E-state index is 13.0. The number of nitrogens with zero attached hydrogens (tertiary/aromatic N) is 2. The first-order valence-electron chi connectivity index (χ1n) is 10.6. The van der Waals surface area contributed by atoms with Crippen molar-refractivity contribution in [1.82, 2.24) is 14.5 Å². The van der Waals surface area contributed by atoms with Crippen molar-refractivity contribution in [1.29, 1.82) is 0 Å². The average Bonchev–Trinajstić information content (AvgIpc) is 3.12. The van der Waals surface area contributed by atoms with Crippen LogP contribution in [-0.2, 0) is 24.3 Å². The Morgan fingerprint density at radius 1 is 1.19 bits per heavy atom. The minimum atomic E-state index is -3.92. The summed E-state index contributed by atoms with van der Waals surface area (Å²) in [5.74, 6) is -0.534. The van der Waals surface area contributed by atoms with Crippen LogP contribution in [0.15, 0.2) is 41.3 Å². The van der Waals surface area contributed by atoms with Crippen molar-refractivity contribution in [3.63, 3.8) is 0 Å². The summed E-state index contributed by atoms with van der Waals surface area (Å²) >= 11 is 5.99. The molecule has 2 aliphatic heterocycles. The Morgan fingerprint density at radius 2 is 1.91 bits per heavy atom. The number of hydrogen-bond acceptors (Lipinski definition) is 5. The van der Waals surface area contributed by atoms with Crippen LogP contribution < -0.4 is 4.72 Å². The van der Waals surface area contributed by atoms with E-state index in [1.165, 1.54) is 11.0 Å². The first kappa shape index (κ1) is 23.0. The van der Waals surface area contributed by atoms with E-state index in [0.717, 1.165) is 10.8 Å². The molecule has 0 aliphatic carbocycles. The van der Waals surface area contributed by atoms with Crippen LogP contribution in [0.4, 0.5) is 0 Å². The zero-order valence-electron chi connectivity index (χ0n) is 18.0. The molecule has 2 aromatic rings. The van der Waals surface area contributed by atoms with Crippen LogP contribution in [0.2, 0.25) is 5.02 Å². The largest absolute Gasteiger partial charge is 0.377 e. The first-order chi connectivity index (χ1) is 15.2. The van der Waals surface area contributed by atoms with E-state index in [9.17, 15) is 18.0 Å². The fraction of sp³-hybridized carbons (Fsp3) is 0.455. The number of carbonyl (C=O) groups is 2. The number of fused-ring (bicyclic) bond motifs is 1. The van der Waals surface area contributed by atoms with E-state index in [1.54, 1.807) is 42.2 Å². The maximum Gasteiger partial charge on any atom is 0.245 e. The van der Waals surface area contributed by atoms with Crippen LogP contribution in [-0.4, -0.2) is 74.5 Å². The van der Waals surface area contributed by atoms with Crippen LogP contribution in [0.1, 0.15) is 20.3 Å². The zero-order chi connectivity index (χ0) is 23.0. The third-order valence-corrected chi connectivity index (χ3v) is 7.80. The van der Waals surface area contributed by atoms with Gasteiger partial charge in [0.05, 0.1) is 24.2 Å². The molecule has 4 rings (SSSR count). The lowest BCUT2D eigenvalue weighted by Gasteiger charge is -2.37. The summed E-state index contributed by atoms with van der Waals surface area (Å²) in [6.07, 6.45) is 0.303. The van der Waals surface area contributed by atoms with E-state index < -0.39 is 22.1 Å². The molecule has 2 aromatic carbocycles. The SMILES string of the molecule is CC1COCCN1C(=O)[C@H](C)N1CCC(NS(=O)(=O)c2ccc3cc(Cl)ccc3c2)C1=O. The number of amides is 2. The van der Waals surface area contributed by atoms with Gasteiger partial charge >= 0.3 is 0 Å². The van der Waals surface area contributed by atoms with Crippen LogP contribution >= 0.6 is 11.6 Å².